The number of aliphatic hydroxyl groups is 1. The first-order valence-corrected chi connectivity index (χ1v) is 8.44. The third-order valence-electron chi connectivity index (χ3n) is 4.26. The van der Waals surface area contributed by atoms with E-state index in [2.05, 4.69) is 5.10 Å². The lowest BCUT2D eigenvalue weighted by Gasteiger charge is -2.30. The zero-order chi connectivity index (χ0) is 20.3. The Morgan fingerprint density at radius 1 is 1.36 bits per heavy atom. The Labute approximate surface area is 160 Å². The van der Waals surface area contributed by atoms with Crippen LogP contribution >= 0.6 is 0 Å². The van der Waals surface area contributed by atoms with Crippen LogP contribution in [0.4, 0.5) is 8.78 Å². The molecule has 2 aromatic carbocycles. The summed E-state index contributed by atoms with van der Waals surface area (Å²) in [6, 6.07) is 14.8. The minimum absolute atomic E-state index is 0.110. The van der Waals surface area contributed by atoms with E-state index in [1.165, 1.54) is 19.1 Å². The first-order valence-electron chi connectivity index (χ1n) is 8.44. The van der Waals surface area contributed by atoms with Gasteiger partial charge < -0.3 is 9.84 Å². The van der Waals surface area contributed by atoms with E-state index in [0.29, 0.717) is 21.9 Å². The van der Waals surface area contributed by atoms with E-state index >= 15 is 0 Å². The van der Waals surface area contributed by atoms with Gasteiger partial charge in [-0.3, -0.25) is 4.79 Å². The number of hydrogen-bond donors (Lipinski definition) is 1. The molecule has 0 radical (unpaired) electrons. The van der Waals surface area contributed by atoms with Crippen molar-refractivity contribution in [3.63, 3.8) is 0 Å². The lowest BCUT2D eigenvalue weighted by atomic mass is 10.1. The molecule has 2 aromatic rings. The highest BCUT2D eigenvalue weighted by Crippen LogP contribution is 2.32. The topological polar surface area (TPSA) is 85.9 Å². The molecule has 1 aliphatic rings. The van der Waals surface area contributed by atoms with Crippen LogP contribution in [0.1, 0.15) is 34.8 Å². The number of halogens is 2. The van der Waals surface area contributed by atoms with E-state index in [1.54, 1.807) is 36.4 Å². The molecule has 144 valence electrons. The maximum absolute atomic E-state index is 13.3. The molecule has 0 spiro atoms. The van der Waals surface area contributed by atoms with Gasteiger partial charge in [0, 0.05) is 17.7 Å². The van der Waals surface area contributed by atoms with Crippen molar-refractivity contribution < 1.29 is 23.4 Å². The van der Waals surface area contributed by atoms with Gasteiger partial charge in [0.1, 0.15) is 12.4 Å². The van der Waals surface area contributed by atoms with Gasteiger partial charge in [-0.25, -0.2) is 8.78 Å². The van der Waals surface area contributed by atoms with Crippen LogP contribution in [0.5, 0.6) is 5.75 Å². The second kappa shape index (κ2) is 7.74. The van der Waals surface area contributed by atoms with Crippen LogP contribution in [-0.2, 0) is 6.61 Å². The zero-order valence-electron chi connectivity index (χ0n) is 15.0. The first kappa shape index (κ1) is 19.5. The average molecular weight is 385 g/mol. The fraction of sp³-hybridized carbons (Fsp3) is 0.250. The molecule has 1 amide bonds. The Bertz CT molecular complexity index is 954. The van der Waals surface area contributed by atoms with Crippen molar-refractivity contribution in [3.05, 3.63) is 65.2 Å². The molecule has 1 atom stereocenters. The molecule has 6 nitrogen and oxygen atoms in total. The predicted octanol–water partition coefficient (Wildman–Crippen LogP) is 3.31. The van der Waals surface area contributed by atoms with Crippen LogP contribution in [0.2, 0.25) is 0 Å². The Hall–Kier alpha value is -3.31. The molecule has 8 heteroatoms. The van der Waals surface area contributed by atoms with Crippen LogP contribution in [0.3, 0.4) is 0 Å². The summed E-state index contributed by atoms with van der Waals surface area (Å²) in [5.41, 5.74) is -1.14. The van der Waals surface area contributed by atoms with Crippen molar-refractivity contribution in [1.29, 1.82) is 5.26 Å². The number of hydrogen-bond acceptors (Lipinski definition) is 5. The quantitative estimate of drug-likeness (QED) is 0.856. The largest absolute Gasteiger partial charge is 0.489 e. The number of amides is 1. The van der Waals surface area contributed by atoms with Gasteiger partial charge in [0.2, 0.25) is 5.72 Å². The van der Waals surface area contributed by atoms with Crippen molar-refractivity contribution in [2.45, 2.75) is 32.1 Å². The number of benzene rings is 2. The van der Waals surface area contributed by atoms with E-state index in [9.17, 15) is 18.7 Å². The van der Waals surface area contributed by atoms with Crippen LogP contribution in [0.15, 0.2) is 53.6 Å². The normalized spacial score (nSPS) is 18.7. The van der Waals surface area contributed by atoms with Crippen molar-refractivity contribution in [2.24, 2.45) is 5.10 Å². The standard InChI is InChI=1S/C20H17F2N3O3/c1-13-10-20(27,19(21)22)25(24-13)18(26)16-4-2-3-15(9-16)12-28-17-7-5-14(11-23)6-8-17/h2-9,19,27H,10,12H2,1H3/t20-/m0/s1. The number of alkyl halides is 2. The summed E-state index contributed by atoms with van der Waals surface area (Å²) in [5, 5.41) is 23.2. The van der Waals surface area contributed by atoms with Gasteiger partial charge in [-0.05, 0) is 48.9 Å². The molecule has 0 bridgehead atoms. The number of carbonyl (C=O) groups excluding carboxylic acids is 1. The van der Waals surface area contributed by atoms with Crippen molar-refractivity contribution in [3.8, 4) is 11.8 Å². The van der Waals surface area contributed by atoms with Gasteiger partial charge in [-0.15, -0.1) is 0 Å². The molecule has 0 unspecified atom stereocenters. The van der Waals surface area contributed by atoms with Crippen molar-refractivity contribution in [1.82, 2.24) is 5.01 Å². The highest BCUT2D eigenvalue weighted by molar-refractivity contribution is 5.97. The molecule has 1 N–H and O–H groups in total. The monoisotopic (exact) mass is 385 g/mol. The minimum atomic E-state index is -3.15. The van der Waals surface area contributed by atoms with Gasteiger partial charge in [-0.1, -0.05) is 12.1 Å². The highest BCUT2D eigenvalue weighted by Gasteiger charge is 2.51. The minimum Gasteiger partial charge on any atom is -0.489 e. The van der Waals surface area contributed by atoms with E-state index in [1.807, 2.05) is 6.07 Å². The number of carbonyl (C=O) groups is 1. The summed E-state index contributed by atoms with van der Waals surface area (Å²) in [6.45, 7) is 1.61. The Morgan fingerprint density at radius 3 is 2.71 bits per heavy atom. The molecular formula is C20H17F2N3O3. The van der Waals surface area contributed by atoms with Crippen molar-refractivity contribution >= 4 is 11.6 Å². The molecule has 0 saturated carbocycles. The second-order valence-corrected chi connectivity index (χ2v) is 6.43. The maximum Gasteiger partial charge on any atom is 0.287 e. The zero-order valence-corrected chi connectivity index (χ0v) is 15.0. The molecule has 0 aliphatic carbocycles. The molecule has 1 heterocycles. The number of nitriles is 1. The number of nitrogens with zero attached hydrogens (tertiary/aromatic N) is 3. The fourth-order valence-corrected chi connectivity index (χ4v) is 2.84. The van der Waals surface area contributed by atoms with Gasteiger partial charge >= 0.3 is 0 Å². The third-order valence-corrected chi connectivity index (χ3v) is 4.26. The SMILES string of the molecule is CC1=NN(C(=O)c2cccc(COc3ccc(C#N)cc3)c2)[C@@](O)(C(F)F)C1. The van der Waals surface area contributed by atoms with Crippen molar-refractivity contribution in [2.75, 3.05) is 0 Å². The molecule has 3 rings (SSSR count). The summed E-state index contributed by atoms with van der Waals surface area (Å²) in [4.78, 5) is 12.7. The number of ether oxygens (including phenoxy) is 1. The Morgan fingerprint density at radius 2 is 2.07 bits per heavy atom. The van der Waals surface area contributed by atoms with E-state index in [-0.39, 0.29) is 17.9 Å². The molecule has 0 saturated heterocycles. The smallest absolute Gasteiger partial charge is 0.287 e. The number of hydrazone groups is 1. The molecule has 0 aromatic heterocycles. The first-order chi connectivity index (χ1) is 13.3. The van der Waals surface area contributed by atoms with Gasteiger partial charge in [0.15, 0.2) is 0 Å². The van der Waals surface area contributed by atoms with Gasteiger partial charge in [-0.2, -0.15) is 15.4 Å². The van der Waals surface area contributed by atoms with Crippen LogP contribution in [0.25, 0.3) is 0 Å². The molecule has 28 heavy (non-hydrogen) atoms. The molecular weight excluding hydrogens is 368 g/mol. The summed E-state index contributed by atoms with van der Waals surface area (Å²) >= 11 is 0. The number of rotatable bonds is 5. The maximum atomic E-state index is 13.3. The van der Waals surface area contributed by atoms with E-state index in [4.69, 9.17) is 10.00 Å². The van der Waals surface area contributed by atoms with Gasteiger partial charge in [0.25, 0.3) is 12.3 Å². The van der Waals surface area contributed by atoms with E-state index in [0.717, 1.165) is 0 Å². The average Bonchev–Trinajstić information content (AvgIpc) is 3.02. The Kier molecular flexibility index (Phi) is 5.38. The van der Waals surface area contributed by atoms with Gasteiger partial charge in [0.05, 0.1) is 11.6 Å². The lowest BCUT2D eigenvalue weighted by Crippen LogP contribution is -2.51. The summed E-state index contributed by atoms with van der Waals surface area (Å²) < 4.78 is 32.2. The molecule has 1 aliphatic heterocycles. The second-order valence-electron chi connectivity index (χ2n) is 6.43. The summed E-state index contributed by atoms with van der Waals surface area (Å²) in [7, 11) is 0. The van der Waals surface area contributed by atoms with Crippen LogP contribution in [0, 0.1) is 11.3 Å². The van der Waals surface area contributed by atoms with Crippen LogP contribution < -0.4 is 4.74 Å². The van der Waals surface area contributed by atoms with E-state index < -0.39 is 24.5 Å². The summed E-state index contributed by atoms with van der Waals surface area (Å²) in [6.07, 6.45) is -3.56. The highest BCUT2D eigenvalue weighted by atomic mass is 19.3. The fourth-order valence-electron chi connectivity index (χ4n) is 2.84. The Balaban J connectivity index is 1.75. The predicted molar refractivity (Wildman–Crippen MR) is 96.8 cm³/mol. The van der Waals surface area contributed by atoms with Crippen LogP contribution in [-0.4, -0.2) is 33.9 Å². The third kappa shape index (κ3) is 3.85. The lowest BCUT2D eigenvalue weighted by molar-refractivity contribution is -0.164. The summed E-state index contributed by atoms with van der Waals surface area (Å²) in [5.74, 6) is -0.276. The molecule has 0 fully saturated rings.